The zero-order chi connectivity index (χ0) is 32.9. The van der Waals surface area contributed by atoms with Gasteiger partial charge in [-0.05, 0) is 60.7 Å². The average molecular weight is 648 g/mol. The summed E-state index contributed by atoms with van der Waals surface area (Å²) < 4.78 is 4.78. The van der Waals surface area contributed by atoms with Crippen molar-refractivity contribution in [2.45, 2.75) is 0 Å². The molecule has 232 valence electrons. The minimum absolute atomic E-state index is 0.231. The number of pyridine rings is 1. The SMILES string of the molecule is N=C(c1ccccc1)N(C(=N)c1ccc(-n2c3ccc(-c4ccccc4)nc3c3c4sc5ccccc5c4ccc32)cc1)c1ccccc1. The van der Waals surface area contributed by atoms with Gasteiger partial charge in [0.2, 0.25) is 0 Å². The van der Waals surface area contributed by atoms with E-state index < -0.39 is 0 Å². The van der Waals surface area contributed by atoms with Crippen LogP contribution >= 0.6 is 11.3 Å². The van der Waals surface area contributed by atoms with Gasteiger partial charge in [-0.3, -0.25) is 15.7 Å². The Balaban J connectivity index is 1.20. The number of nitrogens with one attached hydrogen (secondary N) is 2. The lowest BCUT2D eigenvalue weighted by atomic mass is 10.1. The molecule has 0 amide bonds. The minimum atomic E-state index is 0.231. The van der Waals surface area contributed by atoms with Gasteiger partial charge < -0.3 is 4.57 Å². The normalized spacial score (nSPS) is 11.4. The molecule has 3 heterocycles. The monoisotopic (exact) mass is 647 g/mol. The first-order valence-electron chi connectivity index (χ1n) is 16.1. The molecule has 0 saturated carbocycles. The van der Waals surface area contributed by atoms with E-state index in [9.17, 15) is 5.41 Å². The summed E-state index contributed by atoms with van der Waals surface area (Å²) >= 11 is 1.82. The van der Waals surface area contributed by atoms with Crippen molar-refractivity contribution in [3.05, 3.63) is 175 Å². The Morgan fingerprint density at radius 3 is 1.90 bits per heavy atom. The van der Waals surface area contributed by atoms with Crippen molar-refractivity contribution < 1.29 is 0 Å². The number of anilines is 1. The third kappa shape index (κ3) is 4.81. The predicted molar refractivity (Wildman–Crippen MR) is 206 cm³/mol. The summed E-state index contributed by atoms with van der Waals surface area (Å²) in [5.41, 5.74) is 8.31. The third-order valence-electron chi connectivity index (χ3n) is 9.09. The largest absolute Gasteiger partial charge is 0.308 e. The molecular formula is C43H29N5S. The lowest BCUT2D eigenvalue weighted by molar-refractivity contribution is 1.17. The first-order chi connectivity index (χ1) is 24.2. The molecule has 0 unspecified atom stereocenters. The van der Waals surface area contributed by atoms with Gasteiger partial charge in [-0.25, -0.2) is 4.98 Å². The Bertz CT molecular complexity index is 2680. The van der Waals surface area contributed by atoms with Crippen molar-refractivity contribution in [3.8, 4) is 16.9 Å². The molecule has 0 saturated heterocycles. The van der Waals surface area contributed by atoms with E-state index in [0.717, 1.165) is 50.1 Å². The van der Waals surface area contributed by atoms with Gasteiger partial charge in [0.05, 0.1) is 22.2 Å². The number of nitrogens with zero attached hydrogens (tertiary/aromatic N) is 3. The lowest BCUT2D eigenvalue weighted by Crippen LogP contribution is -2.37. The summed E-state index contributed by atoms with van der Waals surface area (Å²) in [6.45, 7) is 0. The second kappa shape index (κ2) is 11.7. The van der Waals surface area contributed by atoms with Crippen LogP contribution in [0.5, 0.6) is 0 Å². The molecule has 9 rings (SSSR count). The van der Waals surface area contributed by atoms with E-state index in [-0.39, 0.29) is 11.7 Å². The smallest absolute Gasteiger partial charge is 0.138 e. The molecule has 2 N–H and O–H groups in total. The fourth-order valence-electron chi connectivity index (χ4n) is 6.76. The van der Waals surface area contributed by atoms with Gasteiger partial charge in [0.1, 0.15) is 11.7 Å². The maximum atomic E-state index is 9.33. The van der Waals surface area contributed by atoms with Gasteiger partial charge >= 0.3 is 0 Å². The van der Waals surface area contributed by atoms with Gasteiger partial charge in [-0.1, -0.05) is 103 Å². The molecule has 0 aliphatic rings. The molecule has 3 aromatic heterocycles. The zero-order valence-corrected chi connectivity index (χ0v) is 27.2. The number of hydrogen-bond donors (Lipinski definition) is 2. The summed E-state index contributed by atoms with van der Waals surface area (Å²) in [5.74, 6) is 0.478. The first-order valence-corrected chi connectivity index (χ1v) is 17.0. The van der Waals surface area contributed by atoms with Gasteiger partial charge in [0, 0.05) is 53.6 Å². The highest BCUT2D eigenvalue weighted by Gasteiger charge is 2.22. The van der Waals surface area contributed by atoms with E-state index in [1.807, 2.05) is 102 Å². The van der Waals surface area contributed by atoms with E-state index in [1.165, 1.54) is 20.2 Å². The zero-order valence-electron chi connectivity index (χ0n) is 26.3. The minimum Gasteiger partial charge on any atom is -0.308 e. The summed E-state index contributed by atoms with van der Waals surface area (Å²) in [6.07, 6.45) is 0. The fraction of sp³-hybridized carbons (Fsp3) is 0. The van der Waals surface area contributed by atoms with E-state index >= 15 is 0 Å². The van der Waals surface area contributed by atoms with Crippen LogP contribution in [0.2, 0.25) is 0 Å². The predicted octanol–water partition coefficient (Wildman–Crippen LogP) is 11.1. The summed E-state index contributed by atoms with van der Waals surface area (Å²) in [6, 6.07) is 55.0. The lowest BCUT2D eigenvalue weighted by Gasteiger charge is -2.26. The number of fused-ring (bicyclic) bond motifs is 7. The summed E-state index contributed by atoms with van der Waals surface area (Å²) in [5, 5.41) is 22.1. The Kier molecular flexibility index (Phi) is 6.88. The molecule has 6 heteroatoms. The first kappa shape index (κ1) is 28.8. The van der Waals surface area contributed by atoms with E-state index in [2.05, 4.69) is 77.4 Å². The highest BCUT2D eigenvalue weighted by Crippen LogP contribution is 2.43. The van der Waals surface area contributed by atoms with Crippen LogP contribution in [0.25, 0.3) is 59.1 Å². The molecule has 0 aliphatic carbocycles. The number of amidine groups is 2. The number of hydrogen-bond acceptors (Lipinski definition) is 4. The Morgan fingerprint density at radius 1 is 0.551 bits per heavy atom. The highest BCUT2D eigenvalue weighted by molar-refractivity contribution is 7.26. The Labute approximate surface area is 287 Å². The second-order valence-electron chi connectivity index (χ2n) is 12.0. The third-order valence-corrected chi connectivity index (χ3v) is 10.3. The van der Waals surface area contributed by atoms with Gasteiger partial charge in [0.25, 0.3) is 0 Å². The molecule has 0 atom stereocenters. The molecule has 0 aliphatic heterocycles. The second-order valence-corrected chi connectivity index (χ2v) is 13.0. The number of thiophene rings is 1. The number of rotatable bonds is 5. The molecule has 0 bridgehead atoms. The Hall–Kier alpha value is -6.37. The summed E-state index contributed by atoms with van der Waals surface area (Å²) in [7, 11) is 0. The van der Waals surface area contributed by atoms with E-state index in [4.69, 9.17) is 10.4 Å². The highest BCUT2D eigenvalue weighted by atomic mass is 32.1. The molecule has 9 aromatic rings. The quantitative estimate of drug-likeness (QED) is 0.144. The van der Waals surface area contributed by atoms with Crippen molar-refractivity contribution in [1.82, 2.24) is 9.55 Å². The van der Waals surface area contributed by atoms with Gasteiger partial charge in [0.15, 0.2) is 0 Å². The standard InChI is InChI=1S/C43H29N5S/c44-42(29-14-6-2-7-15-29)48(31-16-8-3-9-17-31)43(45)30-20-22-32(23-21-30)47-36-26-24-34-33-18-10-11-19-38(33)49-41(34)39(36)40-37(47)27-25-35(46-40)28-12-4-1-5-13-28/h1-27,44-45H. The van der Waals surface area contributed by atoms with Crippen molar-refractivity contribution in [3.63, 3.8) is 0 Å². The van der Waals surface area contributed by atoms with Crippen LogP contribution in [0, 0.1) is 10.8 Å². The fourth-order valence-corrected chi connectivity index (χ4v) is 8.00. The van der Waals surface area contributed by atoms with Crippen molar-refractivity contribution in [1.29, 1.82) is 10.8 Å². The maximum absolute atomic E-state index is 9.33. The maximum Gasteiger partial charge on any atom is 0.138 e. The topological polar surface area (TPSA) is 68.8 Å². The Morgan fingerprint density at radius 2 is 1.16 bits per heavy atom. The van der Waals surface area contributed by atoms with Gasteiger partial charge in [-0.2, -0.15) is 0 Å². The van der Waals surface area contributed by atoms with E-state index in [1.54, 1.807) is 4.90 Å². The van der Waals surface area contributed by atoms with Crippen LogP contribution in [-0.2, 0) is 0 Å². The van der Waals surface area contributed by atoms with Crippen molar-refractivity contribution in [2.24, 2.45) is 0 Å². The van der Waals surface area contributed by atoms with E-state index in [0.29, 0.717) is 5.56 Å². The van der Waals surface area contributed by atoms with Gasteiger partial charge in [-0.15, -0.1) is 11.3 Å². The van der Waals surface area contributed by atoms with Crippen LogP contribution in [-0.4, -0.2) is 21.2 Å². The van der Waals surface area contributed by atoms with Crippen molar-refractivity contribution >= 4 is 70.8 Å². The average Bonchev–Trinajstić information content (AvgIpc) is 3.71. The van der Waals surface area contributed by atoms with Crippen LogP contribution in [0.15, 0.2) is 164 Å². The molecule has 6 aromatic carbocycles. The molecule has 0 spiro atoms. The number of aromatic nitrogens is 2. The van der Waals surface area contributed by atoms with Crippen LogP contribution in [0.3, 0.4) is 0 Å². The molecule has 0 radical (unpaired) electrons. The number of para-hydroxylation sites is 1. The summed E-state index contributed by atoms with van der Waals surface area (Å²) in [4.78, 5) is 7.00. The molecule has 49 heavy (non-hydrogen) atoms. The van der Waals surface area contributed by atoms with Crippen molar-refractivity contribution in [2.75, 3.05) is 4.90 Å². The van der Waals surface area contributed by atoms with Crippen LogP contribution in [0.1, 0.15) is 11.1 Å². The number of benzene rings is 6. The molecular weight excluding hydrogens is 619 g/mol. The van der Waals surface area contributed by atoms with Crippen LogP contribution in [0.4, 0.5) is 5.69 Å². The molecule has 0 fully saturated rings. The van der Waals surface area contributed by atoms with Crippen LogP contribution < -0.4 is 4.90 Å². The molecule has 5 nitrogen and oxygen atoms in total.